The number of aromatic hydroxyl groups is 1. The summed E-state index contributed by atoms with van der Waals surface area (Å²) in [4.78, 5) is 12.1. The number of ether oxygens (including phenoxy) is 1. The van der Waals surface area contributed by atoms with Gasteiger partial charge in [-0.3, -0.25) is 4.79 Å². The molecule has 122 valence electrons. The number of anilines is 1. The molecule has 4 heteroatoms. The number of hydrogen-bond acceptors (Lipinski definition) is 3. The molecule has 0 atom stereocenters. The molecule has 24 heavy (non-hydrogen) atoms. The molecule has 4 nitrogen and oxygen atoms in total. The normalized spacial score (nSPS) is 10.6. The topological polar surface area (TPSA) is 58.6 Å². The molecule has 0 aliphatic carbocycles. The van der Waals surface area contributed by atoms with Crippen LogP contribution in [0.15, 0.2) is 54.6 Å². The van der Waals surface area contributed by atoms with Crippen molar-refractivity contribution >= 4 is 22.4 Å². The molecule has 0 heterocycles. The molecule has 0 saturated heterocycles. The van der Waals surface area contributed by atoms with Gasteiger partial charge in [0.25, 0.3) is 5.91 Å². The third-order valence-corrected chi connectivity index (χ3v) is 3.98. The third-order valence-electron chi connectivity index (χ3n) is 3.98. The average molecular weight is 321 g/mol. The summed E-state index contributed by atoms with van der Waals surface area (Å²) in [6.45, 7) is 3.71. The van der Waals surface area contributed by atoms with Gasteiger partial charge in [-0.25, -0.2) is 0 Å². The van der Waals surface area contributed by atoms with Crippen LogP contribution in [0.5, 0.6) is 11.5 Å². The van der Waals surface area contributed by atoms with Crippen LogP contribution in [0.4, 0.5) is 5.69 Å². The Balaban J connectivity index is 1.65. The summed E-state index contributed by atoms with van der Waals surface area (Å²) in [5.41, 5.74) is 2.36. The van der Waals surface area contributed by atoms with Crippen molar-refractivity contribution in [1.82, 2.24) is 0 Å². The molecule has 0 radical (unpaired) electrons. The Labute approximate surface area is 140 Å². The maximum Gasteiger partial charge on any atom is 0.262 e. The van der Waals surface area contributed by atoms with Gasteiger partial charge in [-0.15, -0.1) is 0 Å². The predicted molar refractivity (Wildman–Crippen MR) is 95.7 cm³/mol. The molecule has 0 aliphatic rings. The molecule has 0 spiro atoms. The lowest BCUT2D eigenvalue weighted by Crippen LogP contribution is -2.20. The molecule has 1 amide bonds. The van der Waals surface area contributed by atoms with Crippen molar-refractivity contribution in [3.8, 4) is 11.5 Å². The second-order valence-corrected chi connectivity index (χ2v) is 5.80. The van der Waals surface area contributed by atoms with Gasteiger partial charge >= 0.3 is 0 Å². The van der Waals surface area contributed by atoms with Crippen LogP contribution in [-0.2, 0) is 4.79 Å². The highest BCUT2D eigenvalue weighted by atomic mass is 16.5. The van der Waals surface area contributed by atoms with E-state index in [0.29, 0.717) is 11.4 Å². The van der Waals surface area contributed by atoms with E-state index in [1.807, 2.05) is 56.3 Å². The van der Waals surface area contributed by atoms with E-state index in [0.717, 1.165) is 21.9 Å². The van der Waals surface area contributed by atoms with Crippen molar-refractivity contribution in [2.75, 3.05) is 11.9 Å². The van der Waals surface area contributed by atoms with Crippen molar-refractivity contribution in [2.45, 2.75) is 13.8 Å². The van der Waals surface area contributed by atoms with Gasteiger partial charge in [-0.2, -0.15) is 0 Å². The molecule has 0 aromatic heterocycles. The highest BCUT2D eigenvalue weighted by Gasteiger charge is 2.09. The molecule has 0 aliphatic heterocycles. The second-order valence-electron chi connectivity index (χ2n) is 5.80. The lowest BCUT2D eigenvalue weighted by Gasteiger charge is -2.11. The van der Waals surface area contributed by atoms with Crippen LogP contribution >= 0.6 is 0 Å². The molecule has 0 unspecified atom stereocenters. The van der Waals surface area contributed by atoms with Crippen LogP contribution in [-0.4, -0.2) is 17.6 Å². The Morgan fingerprint density at radius 3 is 2.50 bits per heavy atom. The standard InChI is InChI=1S/C20H19NO3/c1-13-9-18(19(22)10-14(13)2)21-20(23)12-24-17-8-7-15-5-3-4-6-16(15)11-17/h3-11,22H,12H2,1-2H3,(H,21,23). The molecule has 0 saturated carbocycles. The fourth-order valence-corrected chi connectivity index (χ4v) is 2.49. The van der Waals surface area contributed by atoms with Gasteiger partial charge in [-0.1, -0.05) is 30.3 Å². The fraction of sp³-hybridized carbons (Fsp3) is 0.150. The Bertz CT molecular complexity index is 903. The van der Waals surface area contributed by atoms with E-state index in [4.69, 9.17) is 4.74 Å². The molecular weight excluding hydrogens is 302 g/mol. The van der Waals surface area contributed by atoms with Gasteiger partial charge in [0, 0.05) is 0 Å². The van der Waals surface area contributed by atoms with Crippen molar-refractivity contribution in [2.24, 2.45) is 0 Å². The summed E-state index contributed by atoms with van der Waals surface area (Å²) >= 11 is 0. The van der Waals surface area contributed by atoms with Crippen LogP contribution in [0.2, 0.25) is 0 Å². The zero-order chi connectivity index (χ0) is 17.1. The number of carbonyl (C=O) groups excluding carboxylic acids is 1. The molecule has 0 fully saturated rings. The quantitative estimate of drug-likeness (QED) is 0.709. The van der Waals surface area contributed by atoms with Crippen LogP contribution in [0.1, 0.15) is 11.1 Å². The van der Waals surface area contributed by atoms with E-state index in [1.54, 1.807) is 12.1 Å². The first-order valence-corrected chi connectivity index (χ1v) is 7.74. The van der Waals surface area contributed by atoms with Crippen molar-refractivity contribution in [3.05, 3.63) is 65.7 Å². The minimum absolute atomic E-state index is 0.0529. The van der Waals surface area contributed by atoms with Crippen molar-refractivity contribution in [3.63, 3.8) is 0 Å². The fourth-order valence-electron chi connectivity index (χ4n) is 2.49. The Hall–Kier alpha value is -3.01. The zero-order valence-electron chi connectivity index (χ0n) is 13.7. The van der Waals surface area contributed by atoms with E-state index < -0.39 is 0 Å². The van der Waals surface area contributed by atoms with Gasteiger partial charge in [0.2, 0.25) is 0 Å². The van der Waals surface area contributed by atoms with Gasteiger partial charge in [-0.05, 0) is 60.0 Å². The average Bonchev–Trinajstić information content (AvgIpc) is 2.57. The van der Waals surface area contributed by atoms with Crippen LogP contribution in [0, 0.1) is 13.8 Å². The Morgan fingerprint density at radius 2 is 1.71 bits per heavy atom. The minimum Gasteiger partial charge on any atom is -0.506 e. The number of fused-ring (bicyclic) bond motifs is 1. The maximum atomic E-state index is 12.1. The van der Waals surface area contributed by atoms with Crippen LogP contribution in [0.25, 0.3) is 10.8 Å². The first-order valence-electron chi connectivity index (χ1n) is 7.74. The van der Waals surface area contributed by atoms with Crippen molar-refractivity contribution in [1.29, 1.82) is 0 Å². The Morgan fingerprint density at radius 1 is 1.00 bits per heavy atom. The summed E-state index contributed by atoms with van der Waals surface area (Å²) in [5.74, 6) is 0.368. The van der Waals surface area contributed by atoms with E-state index in [-0.39, 0.29) is 18.3 Å². The van der Waals surface area contributed by atoms with Crippen molar-refractivity contribution < 1.29 is 14.6 Å². The number of amides is 1. The first-order chi connectivity index (χ1) is 11.5. The van der Waals surface area contributed by atoms with Gasteiger partial charge < -0.3 is 15.2 Å². The number of aryl methyl sites for hydroxylation is 2. The lowest BCUT2D eigenvalue weighted by atomic mass is 10.1. The number of hydrogen-bond donors (Lipinski definition) is 2. The molecule has 2 N–H and O–H groups in total. The molecular formula is C20H19NO3. The van der Waals surface area contributed by atoms with Gasteiger partial charge in [0.15, 0.2) is 6.61 Å². The first kappa shape index (κ1) is 15.9. The minimum atomic E-state index is -0.318. The van der Waals surface area contributed by atoms with E-state index in [9.17, 15) is 9.90 Å². The van der Waals surface area contributed by atoms with E-state index >= 15 is 0 Å². The number of carbonyl (C=O) groups is 1. The summed E-state index contributed by atoms with van der Waals surface area (Å²) in [7, 11) is 0. The summed E-state index contributed by atoms with van der Waals surface area (Å²) < 4.78 is 5.55. The summed E-state index contributed by atoms with van der Waals surface area (Å²) in [6, 6.07) is 17.0. The van der Waals surface area contributed by atoms with Crippen LogP contribution in [0.3, 0.4) is 0 Å². The predicted octanol–water partition coefficient (Wildman–Crippen LogP) is 4.18. The van der Waals surface area contributed by atoms with E-state index in [1.165, 1.54) is 0 Å². The SMILES string of the molecule is Cc1cc(O)c(NC(=O)COc2ccc3ccccc3c2)cc1C. The largest absolute Gasteiger partial charge is 0.506 e. The highest BCUT2D eigenvalue weighted by Crippen LogP contribution is 2.27. The maximum absolute atomic E-state index is 12.1. The van der Waals surface area contributed by atoms with E-state index in [2.05, 4.69) is 5.32 Å². The Kier molecular flexibility index (Phi) is 4.38. The van der Waals surface area contributed by atoms with Gasteiger partial charge in [0.1, 0.15) is 11.5 Å². The molecule has 0 bridgehead atoms. The number of rotatable bonds is 4. The van der Waals surface area contributed by atoms with Crippen LogP contribution < -0.4 is 10.1 Å². The lowest BCUT2D eigenvalue weighted by molar-refractivity contribution is -0.118. The molecule has 3 rings (SSSR count). The third kappa shape index (κ3) is 3.49. The number of nitrogens with one attached hydrogen (secondary N) is 1. The molecule has 3 aromatic rings. The monoisotopic (exact) mass is 321 g/mol. The zero-order valence-corrected chi connectivity index (χ0v) is 13.7. The highest BCUT2D eigenvalue weighted by molar-refractivity contribution is 5.93. The number of phenols is 1. The molecule has 3 aromatic carbocycles. The summed E-state index contributed by atoms with van der Waals surface area (Å²) in [5, 5.41) is 14.8. The summed E-state index contributed by atoms with van der Waals surface area (Å²) in [6.07, 6.45) is 0. The number of benzene rings is 3. The smallest absolute Gasteiger partial charge is 0.262 e. The second kappa shape index (κ2) is 6.62. The van der Waals surface area contributed by atoms with Gasteiger partial charge in [0.05, 0.1) is 5.69 Å². The number of phenolic OH excluding ortho intramolecular Hbond substituents is 1.